The van der Waals surface area contributed by atoms with E-state index in [-0.39, 0.29) is 30.1 Å². The van der Waals surface area contributed by atoms with E-state index >= 15 is 0 Å². The third kappa shape index (κ3) is 4.25. The standard InChI is InChI=1S/C14H28N2O2/c1-10(2)16(11(3)4)14(17)12(5)15-9-13-7-6-8-18-13/h10-13,15H,6-9H2,1-5H3/t12-,13+/m1/s1. The van der Waals surface area contributed by atoms with Gasteiger partial charge in [-0.15, -0.1) is 0 Å². The van der Waals surface area contributed by atoms with Gasteiger partial charge in [0, 0.05) is 25.2 Å². The topological polar surface area (TPSA) is 41.6 Å². The van der Waals surface area contributed by atoms with E-state index in [0.29, 0.717) is 0 Å². The highest BCUT2D eigenvalue weighted by molar-refractivity contribution is 5.82. The molecule has 106 valence electrons. The van der Waals surface area contributed by atoms with Crippen LogP contribution in [0.4, 0.5) is 0 Å². The predicted octanol–water partition coefficient (Wildman–Crippen LogP) is 1.79. The number of nitrogens with one attached hydrogen (secondary N) is 1. The van der Waals surface area contributed by atoms with Gasteiger partial charge < -0.3 is 15.0 Å². The summed E-state index contributed by atoms with van der Waals surface area (Å²) in [7, 11) is 0. The summed E-state index contributed by atoms with van der Waals surface area (Å²) in [6, 6.07) is 0.341. The van der Waals surface area contributed by atoms with E-state index in [0.717, 1.165) is 26.0 Å². The van der Waals surface area contributed by atoms with Crippen molar-refractivity contribution in [2.45, 2.75) is 71.7 Å². The Balaban J connectivity index is 2.43. The van der Waals surface area contributed by atoms with Crippen molar-refractivity contribution >= 4 is 5.91 Å². The second kappa shape index (κ2) is 7.10. The van der Waals surface area contributed by atoms with E-state index in [2.05, 4.69) is 33.0 Å². The molecule has 1 amide bonds. The van der Waals surface area contributed by atoms with Crippen molar-refractivity contribution in [1.82, 2.24) is 10.2 Å². The molecule has 1 aliphatic rings. The summed E-state index contributed by atoms with van der Waals surface area (Å²) >= 11 is 0. The van der Waals surface area contributed by atoms with Crippen LogP contribution in [0.2, 0.25) is 0 Å². The number of carbonyl (C=O) groups is 1. The van der Waals surface area contributed by atoms with Crippen molar-refractivity contribution in [3.63, 3.8) is 0 Å². The molecular weight excluding hydrogens is 228 g/mol. The van der Waals surface area contributed by atoms with Crippen LogP contribution in [0.3, 0.4) is 0 Å². The number of nitrogens with zero attached hydrogens (tertiary/aromatic N) is 1. The molecule has 0 aromatic heterocycles. The normalized spacial score (nSPS) is 21.6. The fourth-order valence-corrected chi connectivity index (χ4v) is 2.53. The Morgan fingerprint density at radius 1 is 1.28 bits per heavy atom. The first-order valence-electron chi connectivity index (χ1n) is 7.10. The molecule has 1 aliphatic heterocycles. The Morgan fingerprint density at radius 2 is 1.89 bits per heavy atom. The molecule has 18 heavy (non-hydrogen) atoms. The van der Waals surface area contributed by atoms with Crippen molar-refractivity contribution in [3.8, 4) is 0 Å². The van der Waals surface area contributed by atoms with Crippen molar-refractivity contribution in [2.24, 2.45) is 0 Å². The van der Waals surface area contributed by atoms with Crippen molar-refractivity contribution in [2.75, 3.05) is 13.2 Å². The number of hydrogen-bond acceptors (Lipinski definition) is 3. The highest BCUT2D eigenvalue weighted by Crippen LogP contribution is 2.12. The number of rotatable bonds is 6. The minimum atomic E-state index is -0.140. The van der Waals surface area contributed by atoms with Gasteiger partial charge in [0.1, 0.15) is 0 Å². The highest BCUT2D eigenvalue weighted by Gasteiger charge is 2.25. The molecule has 0 spiro atoms. The van der Waals surface area contributed by atoms with E-state index in [9.17, 15) is 4.79 Å². The molecule has 0 bridgehead atoms. The molecule has 4 nitrogen and oxygen atoms in total. The van der Waals surface area contributed by atoms with E-state index < -0.39 is 0 Å². The molecule has 1 fully saturated rings. The summed E-state index contributed by atoms with van der Waals surface area (Å²) in [5.74, 6) is 0.179. The van der Waals surface area contributed by atoms with Gasteiger partial charge in [0.05, 0.1) is 12.1 Å². The van der Waals surface area contributed by atoms with Crippen LogP contribution in [0.25, 0.3) is 0 Å². The Bertz CT molecular complexity index is 253. The fraction of sp³-hybridized carbons (Fsp3) is 0.929. The lowest BCUT2D eigenvalue weighted by Gasteiger charge is -2.33. The summed E-state index contributed by atoms with van der Waals surface area (Å²) in [6.45, 7) is 11.8. The first kappa shape index (κ1) is 15.4. The SMILES string of the molecule is CC(C)N(C(=O)[C@@H](C)NC[C@@H]1CCCO1)C(C)C. The molecule has 4 heteroatoms. The predicted molar refractivity (Wildman–Crippen MR) is 73.6 cm³/mol. The number of ether oxygens (including phenoxy) is 1. The summed E-state index contributed by atoms with van der Waals surface area (Å²) < 4.78 is 5.55. The van der Waals surface area contributed by atoms with Gasteiger partial charge in [-0.3, -0.25) is 4.79 Å². The molecule has 0 unspecified atom stereocenters. The van der Waals surface area contributed by atoms with Crippen molar-refractivity contribution in [3.05, 3.63) is 0 Å². The number of carbonyl (C=O) groups excluding carboxylic acids is 1. The maximum absolute atomic E-state index is 12.4. The molecule has 1 N–H and O–H groups in total. The summed E-state index contributed by atoms with van der Waals surface area (Å²) in [6.07, 6.45) is 2.52. The molecule has 2 atom stereocenters. The van der Waals surface area contributed by atoms with Crippen LogP contribution < -0.4 is 5.32 Å². The van der Waals surface area contributed by atoms with Crippen LogP contribution in [-0.2, 0) is 9.53 Å². The second-order valence-corrected chi connectivity index (χ2v) is 5.70. The van der Waals surface area contributed by atoms with Crippen LogP contribution in [-0.4, -0.2) is 48.2 Å². The molecule has 1 saturated heterocycles. The van der Waals surface area contributed by atoms with Gasteiger partial charge in [0.15, 0.2) is 0 Å². The van der Waals surface area contributed by atoms with Gasteiger partial charge in [0.2, 0.25) is 5.91 Å². The average molecular weight is 256 g/mol. The van der Waals surface area contributed by atoms with Crippen molar-refractivity contribution in [1.29, 1.82) is 0 Å². The Morgan fingerprint density at radius 3 is 2.33 bits per heavy atom. The third-order valence-electron chi connectivity index (χ3n) is 3.41. The number of hydrogen-bond donors (Lipinski definition) is 1. The van der Waals surface area contributed by atoms with Gasteiger partial charge >= 0.3 is 0 Å². The lowest BCUT2D eigenvalue weighted by molar-refractivity contribution is -0.136. The summed E-state index contributed by atoms with van der Waals surface area (Å²) in [5, 5.41) is 3.30. The minimum Gasteiger partial charge on any atom is -0.377 e. The van der Waals surface area contributed by atoms with Crippen LogP contribution >= 0.6 is 0 Å². The highest BCUT2D eigenvalue weighted by atomic mass is 16.5. The zero-order chi connectivity index (χ0) is 13.7. The maximum Gasteiger partial charge on any atom is 0.239 e. The largest absolute Gasteiger partial charge is 0.377 e. The van der Waals surface area contributed by atoms with Crippen LogP contribution in [0.15, 0.2) is 0 Å². The van der Waals surface area contributed by atoms with Gasteiger partial charge in [-0.2, -0.15) is 0 Å². The molecule has 0 aliphatic carbocycles. The average Bonchev–Trinajstić information content (AvgIpc) is 2.77. The van der Waals surface area contributed by atoms with E-state index in [4.69, 9.17) is 4.74 Å². The van der Waals surface area contributed by atoms with E-state index in [1.54, 1.807) is 0 Å². The molecule has 0 radical (unpaired) electrons. The van der Waals surface area contributed by atoms with Gasteiger partial charge in [0.25, 0.3) is 0 Å². The first-order valence-corrected chi connectivity index (χ1v) is 7.10. The van der Waals surface area contributed by atoms with Crippen molar-refractivity contribution < 1.29 is 9.53 Å². The molecule has 0 saturated carbocycles. The Hall–Kier alpha value is -0.610. The van der Waals surface area contributed by atoms with Gasteiger partial charge in [-0.1, -0.05) is 0 Å². The zero-order valence-electron chi connectivity index (χ0n) is 12.4. The summed E-state index contributed by atoms with van der Waals surface area (Å²) in [4.78, 5) is 14.3. The van der Waals surface area contributed by atoms with Gasteiger partial charge in [-0.25, -0.2) is 0 Å². The smallest absolute Gasteiger partial charge is 0.239 e. The second-order valence-electron chi connectivity index (χ2n) is 5.70. The molecule has 0 aromatic rings. The zero-order valence-corrected chi connectivity index (χ0v) is 12.4. The monoisotopic (exact) mass is 256 g/mol. The first-order chi connectivity index (χ1) is 8.43. The van der Waals surface area contributed by atoms with Crippen LogP contribution in [0.5, 0.6) is 0 Å². The lowest BCUT2D eigenvalue weighted by Crippen LogP contribution is -2.51. The van der Waals surface area contributed by atoms with E-state index in [1.807, 2.05) is 11.8 Å². The third-order valence-corrected chi connectivity index (χ3v) is 3.41. The molecule has 1 rings (SSSR count). The van der Waals surface area contributed by atoms with E-state index in [1.165, 1.54) is 0 Å². The fourth-order valence-electron chi connectivity index (χ4n) is 2.53. The number of amides is 1. The summed E-state index contributed by atoms with van der Waals surface area (Å²) in [5.41, 5.74) is 0. The van der Waals surface area contributed by atoms with Crippen LogP contribution in [0.1, 0.15) is 47.5 Å². The molecular formula is C14H28N2O2. The quantitative estimate of drug-likeness (QED) is 0.788. The van der Waals surface area contributed by atoms with Gasteiger partial charge in [-0.05, 0) is 47.5 Å². The Kier molecular flexibility index (Phi) is 6.09. The molecule has 1 heterocycles. The Labute approximate surface area is 111 Å². The minimum absolute atomic E-state index is 0.140. The van der Waals surface area contributed by atoms with Crippen LogP contribution in [0, 0.1) is 0 Å². The lowest BCUT2D eigenvalue weighted by atomic mass is 10.1. The molecule has 0 aromatic carbocycles. The maximum atomic E-state index is 12.4.